The van der Waals surface area contributed by atoms with Crippen molar-refractivity contribution in [2.75, 3.05) is 19.0 Å². The Labute approximate surface area is 147 Å². The molecule has 1 amide bonds. The molecular weight excluding hydrogens is 353 g/mol. The van der Waals surface area contributed by atoms with Gasteiger partial charge in [-0.1, -0.05) is 17.7 Å². The molecule has 8 heteroatoms. The molecule has 0 saturated heterocycles. The van der Waals surface area contributed by atoms with Crippen LogP contribution in [0.25, 0.3) is 0 Å². The first-order chi connectivity index (χ1) is 11.9. The lowest BCUT2D eigenvalue weighted by molar-refractivity contribution is -0.119. The van der Waals surface area contributed by atoms with Gasteiger partial charge < -0.3 is 14.8 Å². The molecule has 1 N–H and O–H groups in total. The van der Waals surface area contributed by atoms with Gasteiger partial charge in [0.25, 0.3) is 5.91 Å². The van der Waals surface area contributed by atoms with Gasteiger partial charge in [0.15, 0.2) is 6.61 Å². The van der Waals surface area contributed by atoms with Crippen LogP contribution in [-0.2, 0) is 14.3 Å². The van der Waals surface area contributed by atoms with Gasteiger partial charge >= 0.3 is 11.9 Å². The Morgan fingerprint density at radius 1 is 1.08 bits per heavy atom. The van der Waals surface area contributed by atoms with E-state index in [0.717, 1.165) is 6.07 Å². The van der Waals surface area contributed by atoms with E-state index in [2.05, 4.69) is 10.1 Å². The summed E-state index contributed by atoms with van der Waals surface area (Å²) in [6.07, 6.45) is 0. The first kappa shape index (κ1) is 18.4. The van der Waals surface area contributed by atoms with Crippen LogP contribution >= 0.6 is 11.6 Å². The summed E-state index contributed by atoms with van der Waals surface area (Å²) >= 11 is 5.61. The van der Waals surface area contributed by atoms with Gasteiger partial charge in [0, 0.05) is 5.02 Å². The molecule has 0 atom stereocenters. The smallest absolute Gasteiger partial charge is 0.338 e. The molecule has 6 nitrogen and oxygen atoms in total. The molecule has 0 saturated carbocycles. The second kappa shape index (κ2) is 8.25. The number of benzene rings is 2. The molecule has 2 aromatic rings. The highest BCUT2D eigenvalue weighted by Gasteiger charge is 2.14. The third-order valence-electron chi connectivity index (χ3n) is 3.06. The number of amides is 1. The van der Waals surface area contributed by atoms with E-state index in [1.54, 1.807) is 0 Å². The topological polar surface area (TPSA) is 81.7 Å². The molecule has 0 radical (unpaired) electrons. The molecule has 0 fully saturated rings. The number of hydrogen-bond donors (Lipinski definition) is 1. The Morgan fingerprint density at radius 2 is 1.76 bits per heavy atom. The van der Waals surface area contributed by atoms with Crippen molar-refractivity contribution in [3.63, 3.8) is 0 Å². The van der Waals surface area contributed by atoms with E-state index in [4.69, 9.17) is 16.3 Å². The van der Waals surface area contributed by atoms with E-state index >= 15 is 0 Å². The summed E-state index contributed by atoms with van der Waals surface area (Å²) in [4.78, 5) is 35.1. The zero-order valence-electron chi connectivity index (χ0n) is 13.0. The number of rotatable bonds is 5. The maximum absolute atomic E-state index is 13.6. The molecule has 0 aliphatic rings. The summed E-state index contributed by atoms with van der Waals surface area (Å²) < 4.78 is 23.0. The van der Waals surface area contributed by atoms with Crippen molar-refractivity contribution >= 4 is 35.1 Å². The maximum atomic E-state index is 13.6. The number of carbonyl (C=O) groups is 3. The highest BCUT2D eigenvalue weighted by atomic mass is 35.5. The number of ether oxygens (including phenoxy) is 2. The van der Waals surface area contributed by atoms with Gasteiger partial charge in [-0.15, -0.1) is 0 Å². The molecule has 130 valence electrons. The maximum Gasteiger partial charge on any atom is 0.338 e. The summed E-state index contributed by atoms with van der Waals surface area (Å²) in [6.45, 7) is -0.622. The predicted octanol–water partition coefficient (Wildman–Crippen LogP) is 3.06. The number of halogens is 2. The van der Waals surface area contributed by atoms with Gasteiger partial charge in [-0.3, -0.25) is 4.79 Å². The van der Waals surface area contributed by atoms with Gasteiger partial charge in [0.1, 0.15) is 5.82 Å². The standard InChI is InChI=1S/C17H13ClFNO5/c1-24-16(22)10-3-2-4-11(7-10)17(23)25-9-15(21)20-14-6-5-12(18)8-13(14)19/h2-8H,9H2,1H3,(H,20,21). The van der Waals surface area contributed by atoms with Crippen LogP contribution in [0.3, 0.4) is 0 Å². The predicted molar refractivity (Wildman–Crippen MR) is 88.1 cm³/mol. The molecule has 0 spiro atoms. The Bertz CT molecular complexity index is 824. The van der Waals surface area contributed by atoms with Crippen molar-refractivity contribution in [2.24, 2.45) is 0 Å². The zero-order chi connectivity index (χ0) is 18.4. The lowest BCUT2D eigenvalue weighted by Crippen LogP contribution is -2.21. The molecule has 0 aliphatic heterocycles. The molecule has 2 rings (SSSR count). The molecule has 0 bridgehead atoms. The molecule has 25 heavy (non-hydrogen) atoms. The van der Waals surface area contributed by atoms with Crippen molar-refractivity contribution < 1.29 is 28.2 Å². The highest BCUT2D eigenvalue weighted by molar-refractivity contribution is 6.30. The molecule has 0 unspecified atom stereocenters. The third-order valence-corrected chi connectivity index (χ3v) is 3.29. The van der Waals surface area contributed by atoms with Gasteiger partial charge in [0.05, 0.1) is 23.9 Å². The van der Waals surface area contributed by atoms with E-state index in [9.17, 15) is 18.8 Å². The van der Waals surface area contributed by atoms with Crippen molar-refractivity contribution in [3.8, 4) is 0 Å². The van der Waals surface area contributed by atoms with Crippen LogP contribution in [0, 0.1) is 5.82 Å². The third kappa shape index (κ3) is 5.02. The van der Waals surface area contributed by atoms with E-state index in [1.165, 1.54) is 43.5 Å². The lowest BCUT2D eigenvalue weighted by Gasteiger charge is -2.08. The van der Waals surface area contributed by atoms with Crippen molar-refractivity contribution in [1.29, 1.82) is 0 Å². The fourth-order valence-corrected chi connectivity index (χ4v) is 2.04. The fraction of sp³-hybridized carbons (Fsp3) is 0.118. The largest absolute Gasteiger partial charge is 0.465 e. The minimum absolute atomic E-state index is 0.0772. The van der Waals surface area contributed by atoms with Gasteiger partial charge in [-0.2, -0.15) is 0 Å². The van der Waals surface area contributed by atoms with Gasteiger partial charge in [0.2, 0.25) is 0 Å². The van der Waals surface area contributed by atoms with Crippen molar-refractivity contribution in [1.82, 2.24) is 0 Å². The van der Waals surface area contributed by atoms with E-state index < -0.39 is 30.3 Å². The number of esters is 2. The Kier molecular flexibility index (Phi) is 6.08. The quantitative estimate of drug-likeness (QED) is 0.823. The number of nitrogens with one attached hydrogen (secondary N) is 1. The van der Waals surface area contributed by atoms with Crippen LogP contribution in [0.15, 0.2) is 42.5 Å². The van der Waals surface area contributed by atoms with Crippen LogP contribution in [0.4, 0.5) is 10.1 Å². The molecular formula is C17H13ClFNO5. The van der Waals surface area contributed by atoms with E-state index in [-0.39, 0.29) is 21.8 Å². The van der Waals surface area contributed by atoms with Crippen molar-refractivity contribution in [2.45, 2.75) is 0 Å². The summed E-state index contributed by atoms with van der Waals surface area (Å²) in [5, 5.41) is 2.45. The lowest BCUT2D eigenvalue weighted by atomic mass is 10.1. The average Bonchev–Trinajstić information content (AvgIpc) is 2.61. The van der Waals surface area contributed by atoms with Crippen LogP contribution < -0.4 is 5.32 Å². The minimum atomic E-state index is -0.808. The number of anilines is 1. The first-order valence-corrected chi connectivity index (χ1v) is 7.39. The second-order valence-electron chi connectivity index (χ2n) is 4.82. The number of carbonyl (C=O) groups excluding carboxylic acids is 3. The number of methoxy groups -OCH3 is 1. The first-order valence-electron chi connectivity index (χ1n) is 7.01. The molecule has 0 heterocycles. The Morgan fingerprint density at radius 3 is 2.40 bits per heavy atom. The molecule has 2 aromatic carbocycles. The summed E-state index contributed by atoms with van der Waals surface area (Å²) in [7, 11) is 1.22. The van der Waals surface area contributed by atoms with Gasteiger partial charge in [-0.05, 0) is 36.4 Å². The van der Waals surface area contributed by atoms with Crippen LogP contribution in [0.1, 0.15) is 20.7 Å². The fourth-order valence-electron chi connectivity index (χ4n) is 1.88. The monoisotopic (exact) mass is 365 g/mol. The summed E-state index contributed by atoms with van der Waals surface area (Å²) in [5.74, 6) is -2.85. The van der Waals surface area contributed by atoms with Gasteiger partial charge in [-0.25, -0.2) is 14.0 Å². The SMILES string of the molecule is COC(=O)c1cccc(C(=O)OCC(=O)Nc2ccc(Cl)cc2F)c1. The minimum Gasteiger partial charge on any atom is -0.465 e. The van der Waals surface area contributed by atoms with Crippen LogP contribution in [-0.4, -0.2) is 31.6 Å². The van der Waals surface area contributed by atoms with E-state index in [0.29, 0.717) is 0 Å². The molecule has 0 aliphatic carbocycles. The summed E-state index contributed by atoms with van der Waals surface area (Å²) in [5.41, 5.74) is 0.163. The Balaban J connectivity index is 1.95. The normalized spacial score (nSPS) is 10.0. The van der Waals surface area contributed by atoms with E-state index in [1.807, 2.05) is 0 Å². The average molecular weight is 366 g/mol. The van der Waals surface area contributed by atoms with Crippen molar-refractivity contribution in [3.05, 3.63) is 64.4 Å². The highest BCUT2D eigenvalue weighted by Crippen LogP contribution is 2.18. The zero-order valence-corrected chi connectivity index (χ0v) is 13.8. The summed E-state index contributed by atoms with van der Waals surface area (Å²) in [6, 6.07) is 9.39. The van der Waals surface area contributed by atoms with Crippen LogP contribution in [0.2, 0.25) is 5.02 Å². The second-order valence-corrected chi connectivity index (χ2v) is 5.26. The molecule has 0 aromatic heterocycles. The number of hydrogen-bond acceptors (Lipinski definition) is 5. The Hall–Kier alpha value is -2.93. The van der Waals surface area contributed by atoms with Crippen LogP contribution in [0.5, 0.6) is 0 Å².